The molecule has 1 unspecified atom stereocenters. The van der Waals surface area contributed by atoms with E-state index in [9.17, 15) is 14.7 Å². The summed E-state index contributed by atoms with van der Waals surface area (Å²) in [6.07, 6.45) is 10.5. The van der Waals surface area contributed by atoms with Crippen LogP contribution < -0.4 is 10.1 Å². The fraction of sp³-hybridized carbons (Fsp3) is 0.556. The van der Waals surface area contributed by atoms with Crippen LogP contribution in [0.3, 0.4) is 0 Å². The van der Waals surface area contributed by atoms with Crippen LogP contribution in [-0.4, -0.2) is 64.4 Å². The average molecular weight is 647 g/mol. The van der Waals surface area contributed by atoms with Gasteiger partial charge in [0.2, 0.25) is 5.91 Å². The number of nitrogens with zero attached hydrogens (tertiary/aromatic N) is 3. The van der Waals surface area contributed by atoms with Gasteiger partial charge < -0.3 is 24.8 Å². The third kappa shape index (κ3) is 7.39. The summed E-state index contributed by atoms with van der Waals surface area (Å²) in [6.45, 7) is 4.87. The number of hydrogen-bond donors (Lipinski definition) is 2. The summed E-state index contributed by atoms with van der Waals surface area (Å²) in [5, 5.41) is 14.1. The van der Waals surface area contributed by atoms with Crippen LogP contribution in [0, 0.1) is 18.8 Å². The van der Waals surface area contributed by atoms with E-state index in [1.165, 1.54) is 10.5 Å². The monoisotopic (exact) mass is 646 g/mol. The van der Waals surface area contributed by atoms with Gasteiger partial charge in [-0.15, -0.1) is 11.3 Å². The van der Waals surface area contributed by atoms with Gasteiger partial charge >= 0.3 is 6.09 Å². The Balaban J connectivity index is 1.14. The number of carbonyl (C=O) groups excluding carboxylic acids is 2. The van der Waals surface area contributed by atoms with Gasteiger partial charge in [-0.25, -0.2) is 9.78 Å². The second-order valence-corrected chi connectivity index (χ2v) is 14.3. The molecule has 0 spiro atoms. The van der Waals surface area contributed by atoms with Crippen LogP contribution in [-0.2, 0) is 16.0 Å². The average Bonchev–Trinajstić information content (AvgIpc) is 3.56. The lowest BCUT2D eigenvalue weighted by Crippen LogP contribution is -2.54. The van der Waals surface area contributed by atoms with Crippen molar-refractivity contribution in [2.45, 2.75) is 95.8 Å². The molecular formula is C36H46N4O5S. The maximum Gasteiger partial charge on any atom is 0.410 e. The van der Waals surface area contributed by atoms with Crippen molar-refractivity contribution >= 4 is 23.3 Å². The van der Waals surface area contributed by atoms with Gasteiger partial charge in [-0.2, -0.15) is 0 Å². The van der Waals surface area contributed by atoms with Gasteiger partial charge in [-0.05, 0) is 111 Å². The maximum absolute atomic E-state index is 13.8. The second-order valence-electron chi connectivity index (χ2n) is 13.2. The summed E-state index contributed by atoms with van der Waals surface area (Å²) in [5.74, 6) is 1.62. The van der Waals surface area contributed by atoms with Crippen LogP contribution in [0.4, 0.5) is 4.79 Å². The number of likely N-dealkylation sites (tertiary alicyclic amines) is 1. The number of hydrogen-bond acceptors (Lipinski definition) is 8. The lowest BCUT2D eigenvalue weighted by Gasteiger charge is -2.37. The Morgan fingerprint density at radius 1 is 1.04 bits per heavy atom. The quantitative estimate of drug-likeness (QED) is 0.270. The molecule has 1 atom stereocenters. The number of aryl methyl sites for hydroxylation is 2. The lowest BCUT2D eigenvalue weighted by molar-refractivity contribution is -0.128. The topological polar surface area (TPSA) is 114 Å². The van der Waals surface area contributed by atoms with Crippen molar-refractivity contribution in [2.24, 2.45) is 11.8 Å². The number of β-amino-alcohol motifs (C(OH)–C–C–N with tert-alkyl or cyclic N) is 1. The molecule has 3 heterocycles. The molecule has 3 fully saturated rings. The first-order valence-corrected chi connectivity index (χ1v) is 17.6. The largest absolute Gasteiger partial charge is 0.496 e. The molecule has 2 N–H and O–H groups in total. The molecule has 0 bridgehead atoms. The number of benzene rings is 1. The van der Waals surface area contributed by atoms with Crippen molar-refractivity contribution in [3.8, 4) is 16.2 Å². The zero-order chi connectivity index (χ0) is 32.2. The molecule has 1 saturated heterocycles. The van der Waals surface area contributed by atoms with Gasteiger partial charge in [-0.3, -0.25) is 9.78 Å². The first-order valence-electron chi connectivity index (χ1n) is 16.8. The van der Waals surface area contributed by atoms with Gasteiger partial charge in [-0.1, -0.05) is 19.1 Å². The first kappa shape index (κ1) is 32.4. The third-order valence-corrected chi connectivity index (χ3v) is 11.3. The number of carbonyl (C=O) groups is 2. The number of aliphatic hydroxyl groups excluding tert-OH is 1. The number of pyridine rings is 1. The SMILES string of the molecule is CCc1ncc(-c2ccnc(C(NC(=O)C3CCC(OC(=O)N4CC(O)C4)CC3)C3CCC(c4ccc(OC)c(C)c4)CC3)c2)s1. The van der Waals surface area contributed by atoms with Gasteiger partial charge in [0, 0.05) is 18.3 Å². The molecule has 2 aliphatic carbocycles. The number of thiazole rings is 1. The van der Waals surface area contributed by atoms with E-state index >= 15 is 0 Å². The van der Waals surface area contributed by atoms with E-state index in [2.05, 4.69) is 48.4 Å². The summed E-state index contributed by atoms with van der Waals surface area (Å²) in [6, 6.07) is 10.5. The molecule has 246 valence electrons. The van der Waals surface area contributed by atoms with Crippen LogP contribution in [0.25, 0.3) is 10.4 Å². The minimum Gasteiger partial charge on any atom is -0.496 e. The zero-order valence-corrected chi connectivity index (χ0v) is 27.9. The molecule has 10 heteroatoms. The van der Waals surface area contributed by atoms with Crippen molar-refractivity contribution in [1.82, 2.24) is 20.2 Å². The van der Waals surface area contributed by atoms with Crippen LogP contribution in [0.15, 0.2) is 42.7 Å². The van der Waals surface area contributed by atoms with Gasteiger partial charge in [0.1, 0.15) is 11.9 Å². The Kier molecular flexibility index (Phi) is 10.2. The predicted octanol–water partition coefficient (Wildman–Crippen LogP) is 6.59. The minimum absolute atomic E-state index is 0.0619. The summed E-state index contributed by atoms with van der Waals surface area (Å²) in [4.78, 5) is 38.2. The van der Waals surface area contributed by atoms with Crippen LogP contribution in [0.2, 0.25) is 0 Å². The van der Waals surface area contributed by atoms with Crippen LogP contribution in [0.1, 0.15) is 92.1 Å². The van der Waals surface area contributed by atoms with E-state index in [1.54, 1.807) is 18.4 Å². The smallest absolute Gasteiger partial charge is 0.410 e. The van der Waals surface area contributed by atoms with Crippen LogP contribution in [0.5, 0.6) is 5.75 Å². The summed E-state index contributed by atoms with van der Waals surface area (Å²) in [7, 11) is 1.71. The summed E-state index contributed by atoms with van der Waals surface area (Å²) in [5.41, 5.74) is 4.50. The first-order chi connectivity index (χ1) is 22.3. The van der Waals surface area contributed by atoms with Crippen LogP contribution >= 0.6 is 11.3 Å². The fourth-order valence-electron chi connectivity index (χ4n) is 7.29. The zero-order valence-electron chi connectivity index (χ0n) is 27.1. The number of aliphatic hydroxyl groups is 1. The molecule has 3 aromatic rings. The van der Waals surface area contributed by atoms with E-state index in [0.29, 0.717) is 44.7 Å². The number of methoxy groups -OCH3 is 1. The fourth-order valence-corrected chi connectivity index (χ4v) is 8.14. The van der Waals surface area contributed by atoms with Crippen molar-refractivity contribution < 1.29 is 24.2 Å². The highest BCUT2D eigenvalue weighted by Gasteiger charge is 2.36. The summed E-state index contributed by atoms with van der Waals surface area (Å²) >= 11 is 1.70. The van der Waals surface area contributed by atoms with Gasteiger partial charge in [0.15, 0.2) is 0 Å². The predicted molar refractivity (Wildman–Crippen MR) is 178 cm³/mol. The highest BCUT2D eigenvalue weighted by molar-refractivity contribution is 7.15. The van der Waals surface area contributed by atoms with E-state index in [-0.39, 0.29) is 36.0 Å². The van der Waals surface area contributed by atoms with Crippen molar-refractivity contribution in [3.63, 3.8) is 0 Å². The molecule has 1 aliphatic heterocycles. The number of ether oxygens (including phenoxy) is 2. The maximum atomic E-state index is 13.8. The molecule has 2 amide bonds. The van der Waals surface area contributed by atoms with E-state index in [0.717, 1.165) is 64.6 Å². The number of nitrogens with one attached hydrogen (secondary N) is 1. The Morgan fingerprint density at radius 3 is 2.46 bits per heavy atom. The third-order valence-electron chi connectivity index (χ3n) is 10.1. The minimum atomic E-state index is -0.451. The Bertz CT molecular complexity index is 1510. The Hall–Kier alpha value is -3.50. The molecule has 9 nitrogen and oxygen atoms in total. The standard InChI is InChI=1S/C36H46N4O5S/c1-4-33-38-19-32(46-33)27-15-16-37-30(18-27)34(24-7-5-23(6-8-24)26-11-14-31(44-3)22(2)17-26)39-35(42)25-9-12-29(13-10-25)45-36(43)40-20-28(41)21-40/h11,14-19,23-25,28-29,34,41H,4-10,12-13,20-21H2,1-3H3,(H,39,42). The summed E-state index contributed by atoms with van der Waals surface area (Å²) < 4.78 is 11.2. The molecule has 2 aromatic heterocycles. The second kappa shape index (κ2) is 14.5. The lowest BCUT2D eigenvalue weighted by atomic mass is 9.74. The Labute approximate surface area is 275 Å². The molecular weight excluding hydrogens is 600 g/mol. The highest BCUT2D eigenvalue weighted by atomic mass is 32.1. The van der Waals surface area contributed by atoms with Gasteiger partial charge in [0.05, 0.1) is 47.9 Å². The van der Waals surface area contributed by atoms with Crippen molar-refractivity contribution in [3.05, 3.63) is 64.6 Å². The van der Waals surface area contributed by atoms with Gasteiger partial charge in [0.25, 0.3) is 0 Å². The molecule has 6 rings (SSSR count). The highest BCUT2D eigenvalue weighted by Crippen LogP contribution is 2.42. The van der Waals surface area contributed by atoms with Crippen molar-refractivity contribution in [2.75, 3.05) is 20.2 Å². The molecule has 2 saturated carbocycles. The number of amides is 2. The molecule has 3 aliphatic rings. The van der Waals surface area contributed by atoms with E-state index < -0.39 is 6.10 Å². The van der Waals surface area contributed by atoms with E-state index in [1.807, 2.05) is 18.5 Å². The van der Waals surface area contributed by atoms with Crippen molar-refractivity contribution in [1.29, 1.82) is 0 Å². The Morgan fingerprint density at radius 2 is 1.80 bits per heavy atom. The molecule has 1 aromatic carbocycles. The number of rotatable bonds is 9. The molecule has 0 radical (unpaired) electrons. The van der Waals surface area contributed by atoms with E-state index in [4.69, 9.17) is 14.5 Å². The normalized spacial score (nSPS) is 24.1. The molecule has 46 heavy (non-hydrogen) atoms. The number of aromatic nitrogens is 2.